The number of hydrogen-bond acceptors (Lipinski definition) is 1. The number of rotatable bonds is 7. The Labute approximate surface area is 380 Å². The van der Waals surface area contributed by atoms with Gasteiger partial charge in [0, 0.05) is 17.1 Å². The van der Waals surface area contributed by atoms with Crippen LogP contribution in [0.4, 0.5) is 17.1 Å². The third kappa shape index (κ3) is 6.42. The highest BCUT2D eigenvalue weighted by Gasteiger charge is 2.52. The average Bonchev–Trinajstić information content (AvgIpc) is 3.81. The van der Waals surface area contributed by atoms with Gasteiger partial charge in [-0.2, -0.15) is 0 Å². The molecule has 0 unspecified atom stereocenters. The van der Waals surface area contributed by atoms with Gasteiger partial charge in [-0.25, -0.2) is 0 Å². The Hall–Kier alpha value is -6.44. The zero-order chi connectivity index (χ0) is 42.8. The van der Waals surface area contributed by atoms with Crippen LogP contribution >= 0.6 is 0 Å². The molecule has 0 heterocycles. The predicted molar refractivity (Wildman–Crippen MR) is 269 cm³/mol. The second-order valence-electron chi connectivity index (χ2n) is 19.4. The average molecular weight is 828 g/mol. The largest absolute Gasteiger partial charge is 0.310 e. The van der Waals surface area contributed by atoms with Crippen molar-refractivity contribution in [2.75, 3.05) is 4.90 Å². The first-order valence-corrected chi connectivity index (χ1v) is 24.2. The highest BCUT2D eigenvalue weighted by atomic mass is 15.1. The van der Waals surface area contributed by atoms with Crippen LogP contribution in [0.2, 0.25) is 0 Å². The molecular formula is C63H57N. The van der Waals surface area contributed by atoms with E-state index in [1.54, 1.807) is 0 Å². The summed E-state index contributed by atoms with van der Waals surface area (Å²) < 4.78 is 0. The molecule has 0 N–H and O–H groups in total. The maximum Gasteiger partial charge on any atom is 0.0726 e. The molecule has 8 aromatic rings. The molecule has 64 heavy (non-hydrogen) atoms. The van der Waals surface area contributed by atoms with Gasteiger partial charge in [0.05, 0.1) is 5.41 Å². The van der Waals surface area contributed by atoms with Crippen LogP contribution < -0.4 is 4.90 Å². The predicted octanol–water partition coefficient (Wildman–Crippen LogP) is 17.5. The van der Waals surface area contributed by atoms with Gasteiger partial charge in [-0.1, -0.05) is 189 Å². The Morgan fingerprint density at radius 2 is 0.734 bits per heavy atom. The van der Waals surface area contributed by atoms with Crippen LogP contribution in [-0.4, -0.2) is 0 Å². The van der Waals surface area contributed by atoms with Gasteiger partial charge in [0.15, 0.2) is 0 Å². The Morgan fingerprint density at radius 3 is 1.27 bits per heavy atom. The molecule has 0 bridgehead atoms. The summed E-state index contributed by atoms with van der Waals surface area (Å²) in [6.45, 7) is 4.49. The molecule has 0 saturated heterocycles. The van der Waals surface area contributed by atoms with Crippen molar-refractivity contribution in [3.05, 3.63) is 220 Å². The Kier molecular flexibility index (Phi) is 9.78. The number of anilines is 3. The van der Waals surface area contributed by atoms with Gasteiger partial charge in [0.2, 0.25) is 0 Å². The lowest BCUT2D eigenvalue weighted by molar-refractivity contribution is 0.443. The monoisotopic (exact) mass is 827 g/mol. The molecule has 0 radical (unpaired) electrons. The molecular weight excluding hydrogens is 771 g/mol. The highest BCUT2D eigenvalue weighted by Crippen LogP contribution is 2.63. The van der Waals surface area contributed by atoms with Gasteiger partial charge in [-0.15, -0.1) is 0 Å². The van der Waals surface area contributed by atoms with E-state index in [1.165, 1.54) is 165 Å². The number of aryl methyl sites for hydroxylation is 2. The van der Waals surface area contributed by atoms with Crippen LogP contribution in [0.3, 0.4) is 0 Å². The summed E-state index contributed by atoms with van der Waals surface area (Å²) in [4.78, 5) is 2.50. The standard InChI is InChI=1S/C63H57N/c1-42-21-36-56-57-37-22-43(2)40-61(57)63(60(56)39-42)59-20-12-11-19-55(59)58-38-35-52(41-62(58)63)64(50-31-27-47(28-32-50)45-15-7-4-8-16-45)51-33-29-49(30-34-51)54-18-10-9-17-53(54)48-25-23-46(24-26-48)44-13-5-3-6-14-44/h9-12,17-41,44-45H,3-8,13-16H2,1-2H3. The van der Waals surface area contributed by atoms with E-state index >= 15 is 0 Å². The third-order valence-corrected chi connectivity index (χ3v) is 15.6. The lowest BCUT2D eigenvalue weighted by Gasteiger charge is -2.32. The normalized spacial score (nSPS) is 16.3. The number of fused-ring (bicyclic) bond motifs is 10. The van der Waals surface area contributed by atoms with E-state index in [0.717, 1.165) is 5.69 Å². The first kappa shape index (κ1) is 39.2. The van der Waals surface area contributed by atoms with E-state index in [1.807, 2.05) is 0 Å². The number of benzene rings is 8. The Morgan fingerprint density at radius 1 is 0.344 bits per heavy atom. The second-order valence-corrected chi connectivity index (χ2v) is 19.4. The molecule has 4 aliphatic carbocycles. The van der Waals surface area contributed by atoms with E-state index in [-0.39, 0.29) is 0 Å². The van der Waals surface area contributed by atoms with Crippen molar-refractivity contribution < 1.29 is 0 Å². The first-order chi connectivity index (χ1) is 31.5. The minimum atomic E-state index is -0.413. The van der Waals surface area contributed by atoms with Crippen molar-refractivity contribution in [1.29, 1.82) is 0 Å². The minimum Gasteiger partial charge on any atom is -0.310 e. The number of nitrogens with zero attached hydrogens (tertiary/aromatic N) is 1. The smallest absolute Gasteiger partial charge is 0.0726 e. The maximum atomic E-state index is 2.54. The fourth-order valence-corrected chi connectivity index (χ4v) is 12.5. The minimum absolute atomic E-state index is 0.413. The molecule has 4 aliphatic rings. The quantitative estimate of drug-likeness (QED) is 0.155. The van der Waals surface area contributed by atoms with E-state index in [9.17, 15) is 0 Å². The molecule has 0 amide bonds. The number of hydrogen-bond donors (Lipinski definition) is 0. The summed E-state index contributed by atoms with van der Waals surface area (Å²) in [6, 6.07) is 68.2. The van der Waals surface area contributed by atoms with Crippen molar-refractivity contribution in [3.63, 3.8) is 0 Å². The van der Waals surface area contributed by atoms with Gasteiger partial charge in [-0.05, 0) is 166 Å². The zero-order valence-corrected chi connectivity index (χ0v) is 37.4. The molecule has 2 fully saturated rings. The summed E-state index contributed by atoms with van der Waals surface area (Å²) in [5, 5.41) is 0. The lowest BCUT2D eigenvalue weighted by Crippen LogP contribution is -2.26. The van der Waals surface area contributed by atoms with Crippen LogP contribution in [0, 0.1) is 13.8 Å². The van der Waals surface area contributed by atoms with Gasteiger partial charge >= 0.3 is 0 Å². The van der Waals surface area contributed by atoms with Crippen LogP contribution in [-0.2, 0) is 5.41 Å². The van der Waals surface area contributed by atoms with Crippen LogP contribution in [0.1, 0.15) is 121 Å². The fraction of sp³-hybridized carbons (Fsp3) is 0.238. The SMILES string of the molecule is Cc1ccc2c(c1)C1(c3ccccc3-c3ccc(N(c4ccc(-c5ccccc5-c5ccc(C6CCCCC6)cc5)cc4)c4ccc(C5CCCCC5)cc4)cc31)c1cc(C)ccc1-2. The fourth-order valence-electron chi connectivity index (χ4n) is 12.5. The lowest BCUT2D eigenvalue weighted by atomic mass is 9.70. The van der Waals surface area contributed by atoms with Gasteiger partial charge in [0.1, 0.15) is 0 Å². The van der Waals surface area contributed by atoms with Crippen molar-refractivity contribution in [3.8, 4) is 44.5 Å². The zero-order valence-electron chi connectivity index (χ0n) is 37.4. The molecule has 1 heteroatoms. The van der Waals surface area contributed by atoms with Gasteiger partial charge < -0.3 is 4.90 Å². The summed E-state index contributed by atoms with van der Waals surface area (Å²) in [7, 11) is 0. The maximum absolute atomic E-state index is 2.54. The topological polar surface area (TPSA) is 3.24 Å². The van der Waals surface area contributed by atoms with E-state index in [0.29, 0.717) is 11.8 Å². The molecule has 8 aromatic carbocycles. The third-order valence-electron chi connectivity index (χ3n) is 15.6. The molecule has 2 saturated carbocycles. The molecule has 314 valence electrons. The first-order valence-electron chi connectivity index (χ1n) is 24.2. The Balaban J connectivity index is 0.986. The second kappa shape index (κ2) is 16.0. The molecule has 0 atom stereocenters. The molecule has 1 nitrogen and oxygen atoms in total. The van der Waals surface area contributed by atoms with Crippen molar-refractivity contribution in [1.82, 2.24) is 0 Å². The molecule has 0 aromatic heterocycles. The summed E-state index contributed by atoms with van der Waals surface area (Å²) in [5.41, 5.74) is 24.7. The molecule has 0 aliphatic heterocycles. The summed E-state index contributed by atoms with van der Waals surface area (Å²) in [5.74, 6) is 1.37. The van der Waals surface area contributed by atoms with E-state index < -0.39 is 5.41 Å². The van der Waals surface area contributed by atoms with Crippen molar-refractivity contribution in [2.24, 2.45) is 0 Å². The summed E-state index contributed by atoms with van der Waals surface area (Å²) >= 11 is 0. The van der Waals surface area contributed by atoms with E-state index in [4.69, 9.17) is 0 Å². The highest BCUT2D eigenvalue weighted by molar-refractivity contribution is 5.96. The molecule has 1 spiro atoms. The van der Waals surface area contributed by atoms with Gasteiger partial charge in [-0.3, -0.25) is 0 Å². The van der Waals surface area contributed by atoms with Crippen LogP contribution in [0.15, 0.2) is 176 Å². The Bertz CT molecular complexity index is 2960. The van der Waals surface area contributed by atoms with E-state index in [2.05, 4.69) is 195 Å². The van der Waals surface area contributed by atoms with Crippen LogP contribution in [0.25, 0.3) is 44.5 Å². The van der Waals surface area contributed by atoms with Crippen molar-refractivity contribution >= 4 is 17.1 Å². The molecule has 12 rings (SSSR count). The van der Waals surface area contributed by atoms with Crippen molar-refractivity contribution in [2.45, 2.75) is 95.3 Å². The summed E-state index contributed by atoms with van der Waals surface area (Å²) in [6.07, 6.45) is 13.4. The van der Waals surface area contributed by atoms with Gasteiger partial charge in [0.25, 0.3) is 0 Å². The van der Waals surface area contributed by atoms with Crippen LogP contribution in [0.5, 0.6) is 0 Å².